The molecule has 3 N–H and O–H groups in total. The fourth-order valence-corrected chi connectivity index (χ4v) is 7.05. The maximum Gasteiger partial charge on any atom is 0.303 e. The number of carboxylic acids is 1. The third-order valence-corrected chi connectivity index (χ3v) is 9.55. The quantitative estimate of drug-likeness (QED) is 0.171. The maximum absolute atomic E-state index is 13.5. The Balaban J connectivity index is 1.58. The Labute approximate surface area is 251 Å². The normalized spacial score (nSPS) is 11.8. The van der Waals surface area contributed by atoms with Crippen LogP contribution in [0.5, 0.6) is 0 Å². The fraction of sp³-hybridized carbons (Fsp3) is 0.206. The van der Waals surface area contributed by atoms with Crippen molar-refractivity contribution in [2.24, 2.45) is 5.73 Å². The van der Waals surface area contributed by atoms with Gasteiger partial charge in [0.25, 0.3) is 0 Å². The van der Waals surface area contributed by atoms with Crippen molar-refractivity contribution >= 4 is 38.3 Å². The summed E-state index contributed by atoms with van der Waals surface area (Å²) < 4.78 is 29.3. The number of aliphatic carboxylic acids is 1. The van der Waals surface area contributed by atoms with Gasteiger partial charge in [-0.25, -0.2) is 8.42 Å². The Bertz CT molecular complexity index is 1750. The van der Waals surface area contributed by atoms with Gasteiger partial charge >= 0.3 is 5.97 Å². The number of benzene rings is 4. The molecule has 0 bridgehead atoms. The van der Waals surface area contributed by atoms with E-state index in [4.69, 9.17) is 22.4 Å². The minimum atomic E-state index is -3.62. The number of hydrogen-bond acceptors (Lipinski definition) is 4. The number of nitrogens with zero attached hydrogens (tertiary/aromatic N) is 1. The highest BCUT2D eigenvalue weighted by atomic mass is 35.5. The summed E-state index contributed by atoms with van der Waals surface area (Å²) >= 11 is 6.50. The Morgan fingerprint density at radius 3 is 2.02 bits per heavy atom. The molecule has 0 aliphatic heterocycles. The van der Waals surface area contributed by atoms with E-state index in [1.54, 1.807) is 24.3 Å². The van der Waals surface area contributed by atoms with Crippen LogP contribution >= 0.6 is 11.6 Å². The summed E-state index contributed by atoms with van der Waals surface area (Å²) in [6.45, 7) is 0.401. The van der Waals surface area contributed by atoms with Crippen LogP contribution in [-0.2, 0) is 33.9 Å². The predicted octanol–water partition coefficient (Wildman–Crippen LogP) is 6.47. The molecule has 0 spiro atoms. The molecular formula is C34H33ClN2O4S. The lowest BCUT2D eigenvalue weighted by Gasteiger charge is -2.25. The molecule has 0 saturated carbocycles. The van der Waals surface area contributed by atoms with Crippen molar-refractivity contribution < 1.29 is 18.3 Å². The van der Waals surface area contributed by atoms with Gasteiger partial charge in [0.15, 0.2) is 9.84 Å². The molecule has 5 aromatic rings. The number of halogens is 1. The van der Waals surface area contributed by atoms with Gasteiger partial charge in [-0.1, -0.05) is 84.4 Å². The molecule has 0 aliphatic carbocycles. The van der Waals surface area contributed by atoms with E-state index in [0.717, 1.165) is 38.9 Å². The second-order valence-electron chi connectivity index (χ2n) is 10.3. The number of carboxylic acid groups (broad SMARTS) is 1. The smallest absolute Gasteiger partial charge is 0.303 e. The third kappa shape index (κ3) is 6.44. The molecule has 0 fully saturated rings. The summed E-state index contributed by atoms with van der Waals surface area (Å²) in [4.78, 5) is 11.1. The van der Waals surface area contributed by atoms with Crippen LogP contribution in [0, 0.1) is 0 Å². The molecule has 42 heavy (non-hydrogen) atoms. The predicted molar refractivity (Wildman–Crippen MR) is 168 cm³/mol. The van der Waals surface area contributed by atoms with Crippen molar-refractivity contribution in [3.63, 3.8) is 0 Å². The fourth-order valence-electron chi connectivity index (χ4n) is 5.62. The Morgan fingerprint density at radius 1 is 0.833 bits per heavy atom. The number of sulfone groups is 1. The van der Waals surface area contributed by atoms with E-state index in [1.807, 2.05) is 54.6 Å². The van der Waals surface area contributed by atoms with Gasteiger partial charge in [-0.2, -0.15) is 0 Å². The minimum Gasteiger partial charge on any atom is -0.481 e. The summed E-state index contributed by atoms with van der Waals surface area (Å²) in [5.74, 6) is -0.979. The first kappa shape index (κ1) is 29.6. The Hall–Kier alpha value is -3.91. The SMILES string of the molecule is NCCc1c(CCS(=O)(=O)c2ccc(CCC(=O)O)cc2)c2cc(Cl)ccc2n1C(c1ccccc1)c1ccccc1. The zero-order valence-corrected chi connectivity index (χ0v) is 24.7. The van der Waals surface area contributed by atoms with Crippen LogP contribution in [0.4, 0.5) is 0 Å². The van der Waals surface area contributed by atoms with Crippen LogP contribution in [0.15, 0.2) is 108 Å². The Kier molecular flexibility index (Phi) is 9.12. The zero-order valence-electron chi connectivity index (χ0n) is 23.1. The van der Waals surface area contributed by atoms with Crippen LogP contribution < -0.4 is 5.73 Å². The number of fused-ring (bicyclic) bond motifs is 1. The molecule has 8 heteroatoms. The second-order valence-corrected chi connectivity index (χ2v) is 12.9. The lowest BCUT2D eigenvalue weighted by Crippen LogP contribution is -2.18. The summed E-state index contributed by atoms with van der Waals surface area (Å²) in [5.41, 5.74) is 12.1. The van der Waals surface area contributed by atoms with E-state index in [-0.39, 0.29) is 23.1 Å². The molecular weight excluding hydrogens is 568 g/mol. The van der Waals surface area contributed by atoms with E-state index < -0.39 is 15.8 Å². The monoisotopic (exact) mass is 600 g/mol. The van der Waals surface area contributed by atoms with E-state index >= 15 is 0 Å². The maximum atomic E-state index is 13.5. The van der Waals surface area contributed by atoms with Crippen LogP contribution in [0.2, 0.25) is 5.02 Å². The number of hydrogen-bond donors (Lipinski definition) is 2. The van der Waals surface area contributed by atoms with Crippen LogP contribution in [0.25, 0.3) is 10.9 Å². The summed E-state index contributed by atoms with van der Waals surface area (Å²) in [6.07, 6.45) is 1.20. The van der Waals surface area contributed by atoms with Gasteiger partial charge < -0.3 is 15.4 Å². The molecule has 1 heterocycles. The topological polar surface area (TPSA) is 102 Å². The largest absolute Gasteiger partial charge is 0.481 e. The molecule has 4 aromatic carbocycles. The molecule has 0 unspecified atom stereocenters. The van der Waals surface area contributed by atoms with Crippen molar-refractivity contribution in [3.05, 3.63) is 136 Å². The van der Waals surface area contributed by atoms with Crippen molar-refractivity contribution in [1.29, 1.82) is 0 Å². The summed E-state index contributed by atoms with van der Waals surface area (Å²) in [5, 5.41) is 10.4. The molecule has 5 rings (SSSR count). The molecule has 0 atom stereocenters. The number of nitrogens with two attached hydrogens (primary N) is 1. The first-order chi connectivity index (χ1) is 20.3. The number of aryl methyl sites for hydroxylation is 2. The third-order valence-electron chi connectivity index (χ3n) is 7.58. The van der Waals surface area contributed by atoms with Gasteiger partial charge in [0.05, 0.1) is 16.7 Å². The van der Waals surface area contributed by atoms with Gasteiger partial charge in [0.1, 0.15) is 0 Å². The lowest BCUT2D eigenvalue weighted by molar-refractivity contribution is -0.136. The van der Waals surface area contributed by atoms with Crippen LogP contribution in [0.3, 0.4) is 0 Å². The molecule has 216 valence electrons. The minimum absolute atomic E-state index is 0.00437. The standard InChI is InChI=1S/C34H33ClN2O4S/c35-27-14-17-31-30(23-27)29(20-22-42(40,41)28-15-11-24(12-16-28)13-18-33(38)39)32(19-21-36)37(31)34(25-7-3-1-4-8-25)26-9-5-2-6-10-26/h1-12,14-17,23,34H,13,18-22,36H2,(H,38,39). The number of aromatic nitrogens is 1. The van der Waals surface area contributed by atoms with Crippen molar-refractivity contribution in [2.75, 3.05) is 12.3 Å². The molecule has 0 saturated heterocycles. The van der Waals surface area contributed by atoms with Gasteiger partial charge in [-0.3, -0.25) is 4.79 Å². The van der Waals surface area contributed by atoms with E-state index in [1.165, 1.54) is 0 Å². The molecule has 1 aromatic heterocycles. The van der Waals surface area contributed by atoms with Crippen LogP contribution in [0.1, 0.15) is 40.4 Å². The van der Waals surface area contributed by atoms with Crippen molar-refractivity contribution in [1.82, 2.24) is 4.57 Å². The first-order valence-corrected chi connectivity index (χ1v) is 16.0. The van der Waals surface area contributed by atoms with E-state index in [0.29, 0.717) is 30.8 Å². The summed E-state index contributed by atoms with van der Waals surface area (Å²) in [7, 11) is -3.62. The van der Waals surface area contributed by atoms with Gasteiger partial charge in [-0.15, -0.1) is 0 Å². The van der Waals surface area contributed by atoms with Gasteiger partial charge in [0, 0.05) is 34.5 Å². The highest BCUT2D eigenvalue weighted by molar-refractivity contribution is 7.91. The molecule has 0 aliphatic rings. The lowest BCUT2D eigenvalue weighted by atomic mass is 9.97. The second kappa shape index (κ2) is 12.9. The average Bonchev–Trinajstić information content (AvgIpc) is 3.28. The van der Waals surface area contributed by atoms with Crippen molar-refractivity contribution in [2.45, 2.75) is 36.6 Å². The van der Waals surface area contributed by atoms with E-state index in [9.17, 15) is 13.2 Å². The number of carbonyl (C=O) groups is 1. The summed E-state index contributed by atoms with van der Waals surface area (Å²) in [6, 6.07) is 32.7. The van der Waals surface area contributed by atoms with Gasteiger partial charge in [-0.05, 0) is 72.0 Å². The zero-order chi connectivity index (χ0) is 29.7. The number of rotatable bonds is 12. The molecule has 6 nitrogen and oxygen atoms in total. The molecule has 0 amide bonds. The first-order valence-electron chi connectivity index (χ1n) is 13.9. The van der Waals surface area contributed by atoms with Crippen LogP contribution in [-0.4, -0.2) is 36.4 Å². The Morgan fingerprint density at radius 2 is 1.45 bits per heavy atom. The van der Waals surface area contributed by atoms with Crippen molar-refractivity contribution in [3.8, 4) is 0 Å². The molecule has 0 radical (unpaired) electrons. The van der Waals surface area contributed by atoms with E-state index in [2.05, 4.69) is 28.8 Å². The van der Waals surface area contributed by atoms with Gasteiger partial charge in [0.2, 0.25) is 0 Å². The average molecular weight is 601 g/mol. The highest BCUT2D eigenvalue weighted by Gasteiger charge is 2.26. The highest BCUT2D eigenvalue weighted by Crippen LogP contribution is 2.38.